The summed E-state index contributed by atoms with van der Waals surface area (Å²) in [4.78, 5) is 23.9. The van der Waals surface area contributed by atoms with Crippen molar-refractivity contribution in [1.29, 1.82) is 0 Å². The normalized spacial score (nSPS) is 15.1. The summed E-state index contributed by atoms with van der Waals surface area (Å²) in [5.41, 5.74) is 1.28. The molecule has 2 aromatic carbocycles. The number of fused-ring (bicyclic) bond motifs is 1. The zero-order valence-electron chi connectivity index (χ0n) is 15.4. The highest BCUT2D eigenvalue weighted by atomic mass is 16.6. The Morgan fingerprint density at radius 1 is 1.15 bits per heavy atom. The van der Waals surface area contributed by atoms with Crippen LogP contribution >= 0.6 is 0 Å². The van der Waals surface area contributed by atoms with Crippen LogP contribution in [0.4, 0.5) is 0 Å². The highest BCUT2D eigenvalue weighted by Crippen LogP contribution is 2.35. The number of methoxy groups -OCH3 is 1. The maximum absolute atomic E-state index is 12.5. The van der Waals surface area contributed by atoms with Gasteiger partial charge in [-0.2, -0.15) is 0 Å². The Kier molecular flexibility index (Phi) is 5.45. The van der Waals surface area contributed by atoms with E-state index in [9.17, 15) is 9.59 Å². The van der Waals surface area contributed by atoms with E-state index < -0.39 is 12.1 Å². The van der Waals surface area contributed by atoms with Crippen molar-refractivity contribution in [2.45, 2.75) is 20.0 Å². The summed E-state index contributed by atoms with van der Waals surface area (Å²) in [7, 11) is 1.31. The van der Waals surface area contributed by atoms with E-state index in [1.54, 1.807) is 55.5 Å². The van der Waals surface area contributed by atoms with Crippen LogP contribution in [0, 0.1) is 0 Å². The topological polar surface area (TPSA) is 71.1 Å². The molecule has 0 aliphatic carbocycles. The number of allylic oxidation sites excluding steroid dienone is 1. The summed E-state index contributed by atoms with van der Waals surface area (Å²) >= 11 is 0. The van der Waals surface area contributed by atoms with Gasteiger partial charge >= 0.3 is 5.97 Å². The average Bonchev–Trinajstić information content (AvgIpc) is 2.98. The van der Waals surface area contributed by atoms with Gasteiger partial charge in [0.25, 0.3) is 0 Å². The molecule has 0 radical (unpaired) electrons. The molecule has 6 heteroatoms. The summed E-state index contributed by atoms with van der Waals surface area (Å²) < 4.78 is 21.2. The molecule has 0 N–H and O–H groups in total. The molecule has 3 rings (SSSR count). The summed E-state index contributed by atoms with van der Waals surface area (Å²) in [5.74, 6) is 1.30. The number of ether oxygens (including phenoxy) is 4. The Labute approximate surface area is 157 Å². The van der Waals surface area contributed by atoms with E-state index in [-0.39, 0.29) is 11.5 Å². The Bertz CT molecular complexity index is 882. The van der Waals surface area contributed by atoms with Crippen LogP contribution in [0.25, 0.3) is 6.08 Å². The lowest BCUT2D eigenvalue weighted by molar-refractivity contribution is -0.147. The highest BCUT2D eigenvalue weighted by Gasteiger charge is 2.27. The van der Waals surface area contributed by atoms with Crippen LogP contribution in [0.2, 0.25) is 0 Å². The van der Waals surface area contributed by atoms with Gasteiger partial charge in [0, 0.05) is 6.07 Å². The van der Waals surface area contributed by atoms with Gasteiger partial charge in [0.1, 0.15) is 17.2 Å². The van der Waals surface area contributed by atoms with E-state index in [0.717, 1.165) is 5.56 Å². The van der Waals surface area contributed by atoms with Gasteiger partial charge in [0.2, 0.25) is 5.78 Å². The number of ketones is 1. The fourth-order valence-electron chi connectivity index (χ4n) is 2.64. The summed E-state index contributed by atoms with van der Waals surface area (Å²) in [6, 6.07) is 12.1. The zero-order valence-corrected chi connectivity index (χ0v) is 15.4. The zero-order chi connectivity index (χ0) is 19.4. The molecule has 140 valence electrons. The molecule has 0 amide bonds. The van der Waals surface area contributed by atoms with Crippen molar-refractivity contribution in [3.63, 3.8) is 0 Å². The SMILES string of the molecule is CCOc1ccc2c(c1)OC(=Cc1ccc(OC(C)C(=O)OC)cc1)C2=O. The summed E-state index contributed by atoms with van der Waals surface area (Å²) in [6.07, 6.45) is 0.962. The van der Waals surface area contributed by atoms with Crippen molar-refractivity contribution in [3.05, 3.63) is 59.4 Å². The van der Waals surface area contributed by atoms with E-state index in [2.05, 4.69) is 4.74 Å². The van der Waals surface area contributed by atoms with Crippen molar-refractivity contribution in [2.75, 3.05) is 13.7 Å². The molecule has 0 saturated carbocycles. The number of esters is 1. The predicted molar refractivity (Wildman–Crippen MR) is 99.1 cm³/mol. The lowest BCUT2D eigenvalue weighted by Crippen LogP contribution is -2.24. The number of carbonyl (C=O) groups excluding carboxylic acids is 2. The van der Waals surface area contributed by atoms with E-state index >= 15 is 0 Å². The molecule has 0 spiro atoms. The van der Waals surface area contributed by atoms with Crippen LogP contribution in [0.5, 0.6) is 17.2 Å². The lowest BCUT2D eigenvalue weighted by Gasteiger charge is -2.12. The maximum Gasteiger partial charge on any atom is 0.346 e. The van der Waals surface area contributed by atoms with Crippen LogP contribution in [0.15, 0.2) is 48.2 Å². The Hall–Kier alpha value is -3.28. The van der Waals surface area contributed by atoms with Crippen LogP contribution in [0.3, 0.4) is 0 Å². The van der Waals surface area contributed by atoms with Crippen molar-refractivity contribution in [1.82, 2.24) is 0 Å². The Morgan fingerprint density at radius 3 is 2.52 bits per heavy atom. The fourth-order valence-corrected chi connectivity index (χ4v) is 2.64. The maximum atomic E-state index is 12.5. The number of rotatable bonds is 6. The van der Waals surface area contributed by atoms with Gasteiger partial charge < -0.3 is 18.9 Å². The number of benzene rings is 2. The van der Waals surface area contributed by atoms with Crippen LogP contribution in [-0.4, -0.2) is 31.6 Å². The summed E-state index contributed by atoms with van der Waals surface area (Å²) in [5, 5.41) is 0. The first-order valence-electron chi connectivity index (χ1n) is 8.57. The second-order valence-electron chi connectivity index (χ2n) is 5.88. The van der Waals surface area contributed by atoms with Crippen LogP contribution < -0.4 is 14.2 Å². The smallest absolute Gasteiger partial charge is 0.346 e. The van der Waals surface area contributed by atoms with Gasteiger partial charge in [-0.1, -0.05) is 12.1 Å². The first-order chi connectivity index (χ1) is 13.0. The number of Topliss-reactive ketones (excluding diaryl/α,β-unsaturated/α-hetero) is 1. The average molecular weight is 368 g/mol. The third-order valence-electron chi connectivity index (χ3n) is 3.98. The predicted octanol–water partition coefficient (Wildman–Crippen LogP) is 3.64. The van der Waals surface area contributed by atoms with Crippen molar-refractivity contribution in [3.8, 4) is 17.2 Å². The minimum Gasteiger partial charge on any atom is -0.494 e. The number of carbonyl (C=O) groups is 2. The minimum absolute atomic E-state index is 0.173. The van der Waals surface area contributed by atoms with Gasteiger partial charge in [-0.3, -0.25) is 4.79 Å². The number of hydrogen-bond donors (Lipinski definition) is 0. The van der Waals surface area contributed by atoms with Gasteiger partial charge in [-0.25, -0.2) is 4.79 Å². The van der Waals surface area contributed by atoms with Crippen LogP contribution in [0.1, 0.15) is 29.8 Å². The Morgan fingerprint density at radius 2 is 1.85 bits per heavy atom. The molecule has 1 aliphatic heterocycles. The van der Waals surface area contributed by atoms with E-state index in [0.29, 0.717) is 29.4 Å². The quantitative estimate of drug-likeness (QED) is 0.573. The first kappa shape index (κ1) is 18.5. The van der Waals surface area contributed by atoms with Crippen molar-refractivity contribution >= 4 is 17.8 Å². The van der Waals surface area contributed by atoms with E-state index in [4.69, 9.17) is 14.2 Å². The second-order valence-corrected chi connectivity index (χ2v) is 5.88. The third kappa shape index (κ3) is 4.11. The highest BCUT2D eigenvalue weighted by molar-refractivity contribution is 6.14. The molecule has 0 aromatic heterocycles. The first-order valence-corrected chi connectivity index (χ1v) is 8.57. The minimum atomic E-state index is -0.701. The molecule has 2 aromatic rings. The molecule has 0 fully saturated rings. The van der Waals surface area contributed by atoms with E-state index in [1.807, 2.05) is 6.92 Å². The molecule has 6 nitrogen and oxygen atoms in total. The van der Waals surface area contributed by atoms with Crippen LogP contribution in [-0.2, 0) is 9.53 Å². The van der Waals surface area contributed by atoms with Crippen molar-refractivity contribution < 1.29 is 28.5 Å². The monoisotopic (exact) mass is 368 g/mol. The van der Waals surface area contributed by atoms with E-state index in [1.165, 1.54) is 7.11 Å². The summed E-state index contributed by atoms with van der Waals surface area (Å²) in [6.45, 7) is 4.04. The van der Waals surface area contributed by atoms with Gasteiger partial charge in [0.15, 0.2) is 11.9 Å². The van der Waals surface area contributed by atoms with Gasteiger partial charge in [-0.05, 0) is 49.8 Å². The lowest BCUT2D eigenvalue weighted by atomic mass is 10.1. The molecule has 0 bridgehead atoms. The Balaban J connectivity index is 1.73. The number of hydrogen-bond acceptors (Lipinski definition) is 6. The third-order valence-corrected chi connectivity index (χ3v) is 3.98. The largest absolute Gasteiger partial charge is 0.494 e. The molecule has 27 heavy (non-hydrogen) atoms. The molecule has 0 saturated heterocycles. The van der Waals surface area contributed by atoms with Gasteiger partial charge in [-0.15, -0.1) is 0 Å². The molecule has 1 aliphatic rings. The molecule has 1 atom stereocenters. The van der Waals surface area contributed by atoms with Crippen molar-refractivity contribution in [2.24, 2.45) is 0 Å². The standard InChI is InChI=1S/C21H20O6/c1-4-25-16-9-10-17-18(12-16)27-19(20(17)22)11-14-5-7-15(8-6-14)26-13(2)21(23)24-3/h5-13H,4H2,1-3H3. The molecular formula is C21H20O6. The molecule has 1 unspecified atom stereocenters. The second kappa shape index (κ2) is 7.95. The fraction of sp³-hybridized carbons (Fsp3) is 0.238. The molecular weight excluding hydrogens is 348 g/mol. The van der Waals surface area contributed by atoms with Gasteiger partial charge in [0.05, 0.1) is 19.3 Å². The molecule has 1 heterocycles.